The van der Waals surface area contributed by atoms with Crippen LogP contribution in [0.1, 0.15) is 49.3 Å². The van der Waals surface area contributed by atoms with Gasteiger partial charge in [0.1, 0.15) is 0 Å². The number of aryl methyl sites for hydroxylation is 1. The van der Waals surface area contributed by atoms with E-state index >= 15 is 0 Å². The predicted octanol–water partition coefficient (Wildman–Crippen LogP) is 4.30. The molecule has 5 nitrogen and oxygen atoms in total. The Kier molecular flexibility index (Phi) is 6.75. The van der Waals surface area contributed by atoms with Gasteiger partial charge in [-0.3, -0.25) is 4.79 Å². The quantitative estimate of drug-likeness (QED) is 0.766. The molecule has 0 spiro atoms. The lowest BCUT2D eigenvalue weighted by Gasteiger charge is -2.30. The van der Waals surface area contributed by atoms with Gasteiger partial charge in [0.05, 0.1) is 5.75 Å². The van der Waals surface area contributed by atoms with Crippen molar-refractivity contribution in [1.82, 2.24) is 4.31 Å². The molecule has 2 aromatic carbocycles. The Morgan fingerprint density at radius 1 is 1.03 bits per heavy atom. The minimum atomic E-state index is -3.37. The molecule has 0 saturated carbocycles. The van der Waals surface area contributed by atoms with E-state index < -0.39 is 10.0 Å². The summed E-state index contributed by atoms with van der Waals surface area (Å²) in [5.74, 6) is 0.265. The molecule has 1 amide bonds. The zero-order valence-electron chi connectivity index (χ0n) is 17.4. The summed E-state index contributed by atoms with van der Waals surface area (Å²) in [4.78, 5) is 12.6. The van der Waals surface area contributed by atoms with Crippen LogP contribution in [-0.4, -0.2) is 31.7 Å². The maximum absolute atomic E-state index is 12.7. The zero-order chi connectivity index (χ0) is 21.0. The third kappa shape index (κ3) is 5.67. The molecule has 3 rings (SSSR count). The van der Waals surface area contributed by atoms with Gasteiger partial charge in [-0.2, -0.15) is 0 Å². The van der Waals surface area contributed by atoms with E-state index in [1.165, 1.54) is 9.87 Å². The van der Waals surface area contributed by atoms with Crippen molar-refractivity contribution in [1.29, 1.82) is 0 Å². The third-order valence-electron chi connectivity index (χ3n) is 5.53. The van der Waals surface area contributed by atoms with Crippen molar-refractivity contribution in [2.45, 2.75) is 45.3 Å². The average molecular weight is 415 g/mol. The van der Waals surface area contributed by atoms with Crippen LogP contribution in [0.5, 0.6) is 0 Å². The smallest absolute Gasteiger partial charge is 0.227 e. The Bertz CT molecular complexity index is 927. The van der Waals surface area contributed by atoms with Crippen LogP contribution < -0.4 is 5.32 Å². The van der Waals surface area contributed by atoms with Gasteiger partial charge >= 0.3 is 0 Å². The molecule has 1 aliphatic rings. The molecule has 1 N–H and O–H groups in total. The van der Waals surface area contributed by atoms with E-state index in [0.717, 1.165) is 16.8 Å². The number of benzene rings is 2. The molecule has 6 heteroatoms. The molecule has 0 aliphatic carbocycles. The molecule has 1 fully saturated rings. The first-order valence-corrected chi connectivity index (χ1v) is 11.8. The normalized spacial score (nSPS) is 16.1. The topological polar surface area (TPSA) is 66.5 Å². The lowest BCUT2D eigenvalue weighted by atomic mass is 9.97. The lowest BCUT2D eigenvalue weighted by Crippen LogP contribution is -2.41. The number of carbonyl (C=O) groups is 1. The van der Waals surface area contributed by atoms with Gasteiger partial charge in [0.15, 0.2) is 0 Å². The summed E-state index contributed by atoms with van der Waals surface area (Å²) in [5, 5.41) is 2.97. The number of hydrogen-bond acceptors (Lipinski definition) is 3. The fourth-order valence-corrected chi connectivity index (χ4v) is 5.14. The molecule has 0 aromatic heterocycles. The number of rotatable bonds is 6. The van der Waals surface area contributed by atoms with E-state index in [0.29, 0.717) is 31.8 Å². The van der Waals surface area contributed by atoms with Crippen molar-refractivity contribution in [2.24, 2.45) is 5.92 Å². The van der Waals surface area contributed by atoms with Crippen LogP contribution >= 0.6 is 0 Å². The summed E-state index contributed by atoms with van der Waals surface area (Å²) in [7, 11) is -3.37. The van der Waals surface area contributed by atoms with Crippen molar-refractivity contribution in [3.8, 4) is 0 Å². The Morgan fingerprint density at radius 2 is 1.62 bits per heavy atom. The Hall–Kier alpha value is -2.18. The van der Waals surface area contributed by atoms with Crippen molar-refractivity contribution >= 4 is 21.6 Å². The van der Waals surface area contributed by atoms with E-state index in [4.69, 9.17) is 0 Å². The number of sulfonamides is 1. The maximum Gasteiger partial charge on any atom is 0.227 e. The summed E-state index contributed by atoms with van der Waals surface area (Å²) in [6.07, 6.45) is 1.09. The fourth-order valence-electron chi connectivity index (χ4n) is 3.58. The second-order valence-corrected chi connectivity index (χ2v) is 10.2. The maximum atomic E-state index is 12.7. The zero-order valence-corrected chi connectivity index (χ0v) is 18.2. The molecule has 0 atom stereocenters. The molecule has 0 bridgehead atoms. The van der Waals surface area contributed by atoms with Crippen LogP contribution in [0, 0.1) is 12.8 Å². The predicted molar refractivity (Wildman–Crippen MR) is 117 cm³/mol. The van der Waals surface area contributed by atoms with Crippen LogP contribution in [0.25, 0.3) is 0 Å². The van der Waals surface area contributed by atoms with Crippen LogP contribution in [0.3, 0.4) is 0 Å². The number of amides is 1. The standard InChI is InChI=1S/C23H30N2O3S/c1-17(2)20-8-10-22(11-9-20)24-23(26)21-12-14-25(15-13-21)29(27,28)16-19-6-4-18(3)5-7-19/h4-11,17,21H,12-16H2,1-3H3,(H,24,26). The third-order valence-corrected chi connectivity index (χ3v) is 7.38. The highest BCUT2D eigenvalue weighted by molar-refractivity contribution is 7.88. The van der Waals surface area contributed by atoms with E-state index in [9.17, 15) is 13.2 Å². The van der Waals surface area contributed by atoms with E-state index in [1.807, 2.05) is 55.5 Å². The monoisotopic (exact) mass is 414 g/mol. The molecule has 0 radical (unpaired) electrons. The highest BCUT2D eigenvalue weighted by Gasteiger charge is 2.31. The Morgan fingerprint density at radius 3 is 2.17 bits per heavy atom. The number of hydrogen-bond donors (Lipinski definition) is 1. The highest BCUT2D eigenvalue weighted by atomic mass is 32.2. The van der Waals surface area contributed by atoms with Crippen LogP contribution in [0.15, 0.2) is 48.5 Å². The van der Waals surface area contributed by atoms with Crippen molar-refractivity contribution in [3.05, 3.63) is 65.2 Å². The summed E-state index contributed by atoms with van der Waals surface area (Å²) in [5.41, 5.74) is 3.92. The lowest BCUT2D eigenvalue weighted by molar-refractivity contribution is -0.120. The molecule has 29 heavy (non-hydrogen) atoms. The Balaban J connectivity index is 1.53. The molecule has 1 saturated heterocycles. The van der Waals surface area contributed by atoms with E-state index in [2.05, 4.69) is 19.2 Å². The van der Waals surface area contributed by atoms with Gasteiger partial charge in [0.25, 0.3) is 0 Å². The van der Waals surface area contributed by atoms with Gasteiger partial charge < -0.3 is 5.32 Å². The van der Waals surface area contributed by atoms with E-state index in [1.54, 1.807) is 0 Å². The second-order valence-electron chi connectivity index (χ2n) is 8.18. The minimum absolute atomic E-state index is 0.00629. The number of anilines is 1. The van der Waals surface area contributed by atoms with Crippen molar-refractivity contribution < 1.29 is 13.2 Å². The van der Waals surface area contributed by atoms with Gasteiger partial charge in [-0.05, 0) is 48.9 Å². The number of carbonyl (C=O) groups excluding carboxylic acids is 1. The first-order chi connectivity index (χ1) is 13.7. The molecule has 0 unspecified atom stereocenters. The minimum Gasteiger partial charge on any atom is -0.326 e. The highest BCUT2D eigenvalue weighted by Crippen LogP contribution is 2.24. The molecule has 1 aliphatic heterocycles. The van der Waals surface area contributed by atoms with Gasteiger partial charge in [-0.25, -0.2) is 12.7 Å². The summed E-state index contributed by atoms with van der Waals surface area (Å²) >= 11 is 0. The molecule has 156 valence electrons. The largest absolute Gasteiger partial charge is 0.326 e. The first-order valence-electron chi connectivity index (χ1n) is 10.2. The van der Waals surface area contributed by atoms with Crippen LogP contribution in [0.4, 0.5) is 5.69 Å². The van der Waals surface area contributed by atoms with Crippen molar-refractivity contribution in [2.75, 3.05) is 18.4 Å². The first kappa shape index (κ1) is 21.5. The number of nitrogens with one attached hydrogen (secondary N) is 1. The average Bonchev–Trinajstić information content (AvgIpc) is 2.70. The van der Waals surface area contributed by atoms with Crippen LogP contribution in [0.2, 0.25) is 0 Å². The SMILES string of the molecule is Cc1ccc(CS(=O)(=O)N2CCC(C(=O)Nc3ccc(C(C)C)cc3)CC2)cc1. The second kappa shape index (κ2) is 9.09. The van der Waals surface area contributed by atoms with Crippen LogP contribution in [-0.2, 0) is 20.6 Å². The van der Waals surface area contributed by atoms with Gasteiger partial charge in [-0.15, -0.1) is 0 Å². The summed E-state index contributed by atoms with van der Waals surface area (Å²) < 4.78 is 27.0. The molecule has 1 heterocycles. The van der Waals surface area contributed by atoms with Gasteiger partial charge in [-0.1, -0.05) is 55.8 Å². The molecular formula is C23H30N2O3S. The van der Waals surface area contributed by atoms with Gasteiger partial charge in [0, 0.05) is 24.7 Å². The van der Waals surface area contributed by atoms with E-state index in [-0.39, 0.29) is 17.6 Å². The van der Waals surface area contributed by atoms with Crippen molar-refractivity contribution in [3.63, 3.8) is 0 Å². The van der Waals surface area contributed by atoms with Gasteiger partial charge in [0.2, 0.25) is 15.9 Å². The molecule has 2 aromatic rings. The molecular weight excluding hydrogens is 384 g/mol. The number of nitrogens with zero attached hydrogens (tertiary/aromatic N) is 1. The summed E-state index contributed by atoms with van der Waals surface area (Å²) in [6.45, 7) is 7.02. The summed E-state index contributed by atoms with van der Waals surface area (Å²) in [6, 6.07) is 15.5. The Labute approximate surface area is 174 Å². The number of piperidine rings is 1. The fraction of sp³-hybridized carbons (Fsp3) is 0.435.